The predicted octanol–water partition coefficient (Wildman–Crippen LogP) is 3.65. The maximum absolute atomic E-state index is 12.6. The standard InChI is InChI=1S/C19H27NO3S/c1-22-17-10-14-8-9-20(12-15(14)11-18(17)23-2)19(21)13-24-16-6-4-3-5-7-16/h10-11,16H,3-9,12-13H2,1-2H3. The first-order valence-corrected chi connectivity index (χ1v) is 9.89. The molecule has 0 bridgehead atoms. The molecule has 0 aromatic heterocycles. The Morgan fingerprint density at radius 3 is 2.46 bits per heavy atom. The molecule has 1 heterocycles. The van der Waals surface area contributed by atoms with E-state index >= 15 is 0 Å². The lowest BCUT2D eigenvalue weighted by Crippen LogP contribution is -2.37. The summed E-state index contributed by atoms with van der Waals surface area (Å²) < 4.78 is 10.8. The molecule has 5 heteroatoms. The van der Waals surface area contributed by atoms with E-state index in [-0.39, 0.29) is 5.91 Å². The number of hydrogen-bond acceptors (Lipinski definition) is 4. The van der Waals surface area contributed by atoms with Gasteiger partial charge in [0.25, 0.3) is 0 Å². The second kappa shape index (κ2) is 8.15. The van der Waals surface area contributed by atoms with Crippen LogP contribution in [0.25, 0.3) is 0 Å². The molecule has 4 nitrogen and oxygen atoms in total. The Labute approximate surface area is 148 Å². The summed E-state index contributed by atoms with van der Waals surface area (Å²) in [4.78, 5) is 14.6. The Kier molecular flexibility index (Phi) is 5.93. The summed E-state index contributed by atoms with van der Waals surface area (Å²) in [5.41, 5.74) is 2.44. The molecule has 0 N–H and O–H groups in total. The van der Waals surface area contributed by atoms with Crippen LogP contribution in [0.5, 0.6) is 11.5 Å². The van der Waals surface area contributed by atoms with E-state index in [2.05, 4.69) is 0 Å². The van der Waals surface area contributed by atoms with Crippen molar-refractivity contribution in [1.29, 1.82) is 0 Å². The first-order valence-electron chi connectivity index (χ1n) is 8.84. The van der Waals surface area contributed by atoms with Crippen LogP contribution in [0.15, 0.2) is 12.1 Å². The number of ether oxygens (including phenoxy) is 2. The van der Waals surface area contributed by atoms with Gasteiger partial charge in [-0.25, -0.2) is 0 Å². The van der Waals surface area contributed by atoms with Gasteiger partial charge in [-0.15, -0.1) is 11.8 Å². The van der Waals surface area contributed by atoms with E-state index in [9.17, 15) is 4.79 Å². The Bertz CT molecular complexity index is 584. The molecule has 1 aromatic rings. The van der Waals surface area contributed by atoms with Crippen molar-refractivity contribution < 1.29 is 14.3 Å². The normalized spacial score (nSPS) is 18.2. The molecule has 0 spiro atoms. The topological polar surface area (TPSA) is 38.8 Å². The Morgan fingerprint density at radius 1 is 1.12 bits per heavy atom. The van der Waals surface area contributed by atoms with E-state index in [1.54, 1.807) is 14.2 Å². The van der Waals surface area contributed by atoms with Crippen molar-refractivity contribution in [3.05, 3.63) is 23.3 Å². The molecule has 0 saturated heterocycles. The molecular weight excluding hydrogens is 322 g/mol. The van der Waals surface area contributed by atoms with Gasteiger partial charge < -0.3 is 14.4 Å². The van der Waals surface area contributed by atoms with Crippen LogP contribution in [0.4, 0.5) is 0 Å². The number of carbonyl (C=O) groups is 1. The second-order valence-corrected chi connectivity index (χ2v) is 7.90. The van der Waals surface area contributed by atoms with Gasteiger partial charge in [0.05, 0.1) is 20.0 Å². The molecule has 1 aromatic carbocycles. The molecule has 2 aliphatic rings. The van der Waals surface area contributed by atoms with Crippen LogP contribution in [-0.2, 0) is 17.8 Å². The van der Waals surface area contributed by atoms with Crippen molar-refractivity contribution in [2.45, 2.75) is 50.3 Å². The Hall–Kier alpha value is -1.36. The van der Waals surface area contributed by atoms with Crippen LogP contribution in [0.2, 0.25) is 0 Å². The third-order valence-corrected chi connectivity index (χ3v) is 6.42. The minimum Gasteiger partial charge on any atom is -0.493 e. The zero-order valence-electron chi connectivity index (χ0n) is 14.7. The molecule has 0 radical (unpaired) electrons. The number of fused-ring (bicyclic) bond motifs is 1. The van der Waals surface area contributed by atoms with Crippen molar-refractivity contribution >= 4 is 17.7 Å². The minimum atomic E-state index is 0.269. The maximum Gasteiger partial charge on any atom is 0.232 e. The highest BCUT2D eigenvalue weighted by molar-refractivity contribution is 8.00. The first-order chi connectivity index (χ1) is 11.7. The summed E-state index contributed by atoms with van der Waals surface area (Å²) in [6, 6.07) is 4.06. The lowest BCUT2D eigenvalue weighted by atomic mass is 9.99. The summed E-state index contributed by atoms with van der Waals surface area (Å²) in [6.45, 7) is 1.48. The van der Waals surface area contributed by atoms with Crippen LogP contribution >= 0.6 is 11.8 Å². The average Bonchev–Trinajstić information content (AvgIpc) is 2.65. The fraction of sp³-hybridized carbons (Fsp3) is 0.632. The first kappa shape index (κ1) is 17.5. The molecule has 0 atom stereocenters. The SMILES string of the molecule is COc1cc2c(cc1OC)CN(C(=O)CSC1CCCCC1)CC2. The fourth-order valence-corrected chi connectivity index (χ4v) is 4.84. The van der Waals surface area contributed by atoms with E-state index in [4.69, 9.17) is 9.47 Å². The average molecular weight is 349 g/mol. The third-order valence-electron chi connectivity index (χ3n) is 5.07. The summed E-state index contributed by atoms with van der Waals surface area (Å²) in [5, 5.41) is 0.684. The van der Waals surface area contributed by atoms with Gasteiger partial charge in [-0.2, -0.15) is 0 Å². The predicted molar refractivity (Wildman–Crippen MR) is 98.0 cm³/mol. The summed E-state index contributed by atoms with van der Waals surface area (Å²) in [5.74, 6) is 2.39. The van der Waals surface area contributed by atoms with Crippen LogP contribution < -0.4 is 9.47 Å². The number of rotatable bonds is 5. The van der Waals surface area contributed by atoms with Gasteiger partial charge in [-0.05, 0) is 42.5 Å². The minimum absolute atomic E-state index is 0.269. The van der Waals surface area contributed by atoms with Gasteiger partial charge >= 0.3 is 0 Å². The molecule has 132 valence electrons. The van der Waals surface area contributed by atoms with E-state index < -0.39 is 0 Å². The molecule has 1 aliphatic heterocycles. The quantitative estimate of drug-likeness (QED) is 0.813. The van der Waals surface area contributed by atoms with E-state index in [0.29, 0.717) is 17.5 Å². The number of nitrogens with zero attached hydrogens (tertiary/aromatic N) is 1. The Balaban J connectivity index is 1.60. The van der Waals surface area contributed by atoms with Crippen LogP contribution in [0.1, 0.15) is 43.2 Å². The van der Waals surface area contributed by atoms with Gasteiger partial charge in [0.2, 0.25) is 5.91 Å². The van der Waals surface area contributed by atoms with Crippen molar-refractivity contribution in [2.24, 2.45) is 0 Å². The molecule has 1 fully saturated rings. The summed E-state index contributed by atoms with van der Waals surface area (Å²) in [7, 11) is 3.31. The highest BCUT2D eigenvalue weighted by atomic mass is 32.2. The molecule has 1 aliphatic carbocycles. The number of hydrogen-bond donors (Lipinski definition) is 0. The van der Waals surface area contributed by atoms with Gasteiger partial charge in [-0.1, -0.05) is 19.3 Å². The lowest BCUT2D eigenvalue weighted by molar-refractivity contribution is -0.129. The summed E-state index contributed by atoms with van der Waals surface area (Å²) >= 11 is 1.86. The highest BCUT2D eigenvalue weighted by Crippen LogP contribution is 2.34. The number of methoxy groups -OCH3 is 2. The smallest absolute Gasteiger partial charge is 0.232 e. The van der Waals surface area contributed by atoms with E-state index in [1.165, 1.54) is 43.2 Å². The van der Waals surface area contributed by atoms with Crippen molar-refractivity contribution in [2.75, 3.05) is 26.5 Å². The summed E-state index contributed by atoms with van der Waals surface area (Å²) in [6.07, 6.45) is 7.44. The van der Waals surface area contributed by atoms with Crippen molar-refractivity contribution in [3.63, 3.8) is 0 Å². The van der Waals surface area contributed by atoms with Crippen LogP contribution in [0, 0.1) is 0 Å². The molecule has 1 amide bonds. The number of benzene rings is 1. The monoisotopic (exact) mass is 349 g/mol. The number of carbonyl (C=O) groups excluding carboxylic acids is 1. The maximum atomic E-state index is 12.6. The number of amides is 1. The largest absolute Gasteiger partial charge is 0.493 e. The lowest BCUT2D eigenvalue weighted by Gasteiger charge is -2.30. The molecule has 3 rings (SSSR count). The Morgan fingerprint density at radius 2 is 1.79 bits per heavy atom. The molecule has 1 saturated carbocycles. The van der Waals surface area contributed by atoms with Gasteiger partial charge in [0.1, 0.15) is 0 Å². The zero-order valence-corrected chi connectivity index (χ0v) is 15.5. The molecule has 24 heavy (non-hydrogen) atoms. The fourth-order valence-electron chi connectivity index (χ4n) is 3.61. The van der Waals surface area contributed by atoms with Gasteiger partial charge in [0.15, 0.2) is 11.5 Å². The highest BCUT2D eigenvalue weighted by Gasteiger charge is 2.24. The number of thioether (sulfide) groups is 1. The van der Waals surface area contributed by atoms with Crippen molar-refractivity contribution in [3.8, 4) is 11.5 Å². The van der Waals surface area contributed by atoms with Crippen molar-refractivity contribution in [1.82, 2.24) is 4.90 Å². The van der Waals surface area contributed by atoms with Gasteiger partial charge in [0, 0.05) is 18.3 Å². The van der Waals surface area contributed by atoms with E-state index in [0.717, 1.165) is 24.5 Å². The van der Waals surface area contributed by atoms with Crippen LogP contribution in [-0.4, -0.2) is 42.6 Å². The van der Waals surface area contributed by atoms with E-state index in [1.807, 2.05) is 28.8 Å². The third kappa shape index (κ3) is 4.00. The zero-order chi connectivity index (χ0) is 16.9. The second-order valence-electron chi connectivity index (χ2n) is 6.61. The molecular formula is C19H27NO3S. The molecule has 0 unspecified atom stereocenters. The van der Waals surface area contributed by atoms with Gasteiger partial charge in [-0.3, -0.25) is 4.79 Å². The van der Waals surface area contributed by atoms with Crippen LogP contribution in [0.3, 0.4) is 0 Å².